The molecule has 1 unspecified atom stereocenters. The van der Waals surface area contributed by atoms with Crippen LogP contribution < -0.4 is 5.32 Å². The van der Waals surface area contributed by atoms with Gasteiger partial charge < -0.3 is 10.4 Å². The van der Waals surface area contributed by atoms with E-state index in [0.29, 0.717) is 23.7 Å². The second-order valence-corrected chi connectivity index (χ2v) is 6.13. The number of Topliss-reactive ketones (excluding diaryl/α,β-unsaturated/α-hetero) is 1. The Morgan fingerprint density at radius 1 is 1.26 bits per heavy atom. The Hall–Kier alpha value is -1.72. The number of benzene rings is 1. The van der Waals surface area contributed by atoms with Gasteiger partial charge in [-0.1, -0.05) is 6.42 Å². The van der Waals surface area contributed by atoms with Crippen molar-refractivity contribution in [2.24, 2.45) is 0 Å². The molecule has 0 aromatic heterocycles. The van der Waals surface area contributed by atoms with Crippen LogP contribution in [0, 0.1) is 0 Å². The highest BCUT2D eigenvalue weighted by atomic mass is 16.3. The van der Waals surface area contributed by atoms with E-state index in [-0.39, 0.29) is 18.3 Å². The predicted molar refractivity (Wildman–Crippen MR) is 90.6 cm³/mol. The topological polar surface area (TPSA) is 69.6 Å². The molecular formula is C18H26N2O3. The third-order valence-electron chi connectivity index (χ3n) is 4.41. The Morgan fingerprint density at radius 3 is 2.65 bits per heavy atom. The predicted octanol–water partition coefficient (Wildman–Crippen LogP) is 2.45. The first-order valence-electron chi connectivity index (χ1n) is 8.36. The number of amides is 1. The van der Waals surface area contributed by atoms with Crippen LogP contribution in [-0.2, 0) is 4.79 Å². The molecule has 5 nitrogen and oxygen atoms in total. The molecule has 1 saturated heterocycles. The number of nitrogens with zero attached hydrogens (tertiary/aromatic N) is 1. The fourth-order valence-corrected chi connectivity index (χ4v) is 3.09. The summed E-state index contributed by atoms with van der Waals surface area (Å²) >= 11 is 0. The maximum absolute atomic E-state index is 12.1. The van der Waals surface area contributed by atoms with Crippen molar-refractivity contribution in [2.75, 3.05) is 25.0 Å². The smallest absolute Gasteiger partial charge is 0.225 e. The SMILES string of the molecule is CC(=O)c1ccc(NC(=O)CCN2CCCCC2CCO)cc1. The molecule has 1 aromatic rings. The largest absolute Gasteiger partial charge is 0.396 e. The molecule has 126 valence electrons. The summed E-state index contributed by atoms with van der Waals surface area (Å²) in [6, 6.07) is 7.35. The van der Waals surface area contributed by atoms with E-state index in [9.17, 15) is 9.59 Å². The maximum Gasteiger partial charge on any atom is 0.225 e. The molecule has 1 aliphatic rings. The molecule has 23 heavy (non-hydrogen) atoms. The first kappa shape index (κ1) is 17.6. The van der Waals surface area contributed by atoms with Crippen molar-refractivity contribution in [3.8, 4) is 0 Å². The summed E-state index contributed by atoms with van der Waals surface area (Å²) in [7, 11) is 0. The molecule has 5 heteroatoms. The van der Waals surface area contributed by atoms with E-state index < -0.39 is 0 Å². The van der Waals surface area contributed by atoms with Gasteiger partial charge in [-0.2, -0.15) is 0 Å². The first-order chi connectivity index (χ1) is 11.1. The number of aliphatic hydroxyl groups excluding tert-OH is 1. The van der Waals surface area contributed by atoms with Crippen molar-refractivity contribution in [3.63, 3.8) is 0 Å². The second kappa shape index (κ2) is 8.79. The number of piperidine rings is 1. The number of nitrogens with one attached hydrogen (secondary N) is 1. The lowest BCUT2D eigenvalue weighted by atomic mass is 9.99. The minimum absolute atomic E-state index is 0.0166. The van der Waals surface area contributed by atoms with E-state index in [4.69, 9.17) is 5.11 Å². The Balaban J connectivity index is 1.81. The van der Waals surface area contributed by atoms with Gasteiger partial charge in [0.05, 0.1) is 0 Å². The van der Waals surface area contributed by atoms with E-state index in [1.807, 2.05) is 0 Å². The normalized spacial score (nSPS) is 18.6. The van der Waals surface area contributed by atoms with Crippen molar-refractivity contribution >= 4 is 17.4 Å². The van der Waals surface area contributed by atoms with Gasteiger partial charge in [0, 0.05) is 36.9 Å². The molecule has 0 saturated carbocycles. The first-order valence-corrected chi connectivity index (χ1v) is 8.36. The van der Waals surface area contributed by atoms with Crippen LogP contribution in [0.2, 0.25) is 0 Å². The van der Waals surface area contributed by atoms with E-state index >= 15 is 0 Å². The highest BCUT2D eigenvalue weighted by molar-refractivity contribution is 5.95. The second-order valence-electron chi connectivity index (χ2n) is 6.13. The van der Waals surface area contributed by atoms with Crippen LogP contribution in [0.3, 0.4) is 0 Å². The Labute approximate surface area is 137 Å². The number of ketones is 1. The molecule has 0 bridgehead atoms. The van der Waals surface area contributed by atoms with Gasteiger partial charge in [-0.3, -0.25) is 14.5 Å². The third kappa shape index (κ3) is 5.44. The van der Waals surface area contributed by atoms with Crippen LogP contribution in [0.5, 0.6) is 0 Å². The molecule has 2 rings (SSSR count). The van der Waals surface area contributed by atoms with Gasteiger partial charge in [0.25, 0.3) is 0 Å². The van der Waals surface area contributed by atoms with Crippen molar-refractivity contribution < 1.29 is 14.7 Å². The maximum atomic E-state index is 12.1. The van der Waals surface area contributed by atoms with Crippen molar-refractivity contribution in [3.05, 3.63) is 29.8 Å². The molecule has 1 heterocycles. The average Bonchev–Trinajstić information content (AvgIpc) is 2.55. The van der Waals surface area contributed by atoms with Gasteiger partial charge in [0.15, 0.2) is 5.78 Å². The van der Waals surface area contributed by atoms with E-state index in [0.717, 1.165) is 32.4 Å². The number of aliphatic hydroxyl groups is 1. The number of anilines is 1. The van der Waals surface area contributed by atoms with E-state index in [1.165, 1.54) is 13.3 Å². The van der Waals surface area contributed by atoms with Gasteiger partial charge in [-0.05, 0) is 57.0 Å². The zero-order chi connectivity index (χ0) is 16.7. The van der Waals surface area contributed by atoms with Crippen LogP contribution in [0.4, 0.5) is 5.69 Å². The zero-order valence-electron chi connectivity index (χ0n) is 13.8. The molecule has 1 aromatic carbocycles. The Bertz CT molecular complexity index is 526. The fraction of sp³-hybridized carbons (Fsp3) is 0.556. The standard InChI is InChI=1S/C18H26N2O3/c1-14(22)15-5-7-16(8-6-15)19-18(23)9-12-20-11-3-2-4-17(20)10-13-21/h5-8,17,21H,2-4,9-13H2,1H3,(H,19,23). The molecule has 0 spiro atoms. The van der Waals surface area contributed by atoms with Gasteiger partial charge >= 0.3 is 0 Å². The quantitative estimate of drug-likeness (QED) is 0.758. The third-order valence-corrected chi connectivity index (χ3v) is 4.41. The molecule has 0 radical (unpaired) electrons. The summed E-state index contributed by atoms with van der Waals surface area (Å²) < 4.78 is 0. The molecule has 1 amide bonds. The van der Waals surface area contributed by atoms with Crippen molar-refractivity contribution in [2.45, 2.75) is 45.1 Å². The van der Waals surface area contributed by atoms with E-state index in [2.05, 4.69) is 10.2 Å². The Morgan fingerprint density at radius 2 is 2.00 bits per heavy atom. The summed E-state index contributed by atoms with van der Waals surface area (Å²) in [4.78, 5) is 25.6. The van der Waals surface area contributed by atoms with Crippen LogP contribution in [0.1, 0.15) is 49.4 Å². The molecular weight excluding hydrogens is 292 g/mol. The molecule has 1 aliphatic heterocycles. The van der Waals surface area contributed by atoms with Crippen molar-refractivity contribution in [1.82, 2.24) is 4.90 Å². The fourth-order valence-electron chi connectivity index (χ4n) is 3.09. The van der Waals surface area contributed by atoms with Crippen LogP contribution >= 0.6 is 0 Å². The van der Waals surface area contributed by atoms with Gasteiger partial charge in [0.1, 0.15) is 0 Å². The summed E-state index contributed by atoms with van der Waals surface area (Å²) in [5.41, 5.74) is 1.36. The minimum Gasteiger partial charge on any atom is -0.396 e. The lowest BCUT2D eigenvalue weighted by molar-refractivity contribution is -0.116. The highest BCUT2D eigenvalue weighted by Gasteiger charge is 2.22. The summed E-state index contributed by atoms with van der Waals surface area (Å²) in [6.45, 7) is 3.46. The summed E-state index contributed by atoms with van der Waals surface area (Å²) in [6.07, 6.45) is 4.70. The van der Waals surface area contributed by atoms with Crippen LogP contribution in [0.25, 0.3) is 0 Å². The number of hydrogen-bond acceptors (Lipinski definition) is 4. The number of likely N-dealkylation sites (tertiary alicyclic amines) is 1. The number of carbonyl (C=O) groups is 2. The monoisotopic (exact) mass is 318 g/mol. The molecule has 1 fully saturated rings. The van der Waals surface area contributed by atoms with Gasteiger partial charge in [-0.15, -0.1) is 0 Å². The summed E-state index contributed by atoms with van der Waals surface area (Å²) in [5, 5.41) is 12.0. The number of carbonyl (C=O) groups excluding carboxylic acids is 2. The number of hydrogen-bond donors (Lipinski definition) is 2. The molecule has 0 aliphatic carbocycles. The summed E-state index contributed by atoms with van der Waals surface area (Å²) in [5.74, 6) is -0.00297. The van der Waals surface area contributed by atoms with Crippen LogP contribution in [0.15, 0.2) is 24.3 Å². The zero-order valence-corrected chi connectivity index (χ0v) is 13.8. The minimum atomic E-state index is -0.0195. The van der Waals surface area contributed by atoms with E-state index in [1.54, 1.807) is 24.3 Å². The van der Waals surface area contributed by atoms with Gasteiger partial charge in [0.2, 0.25) is 5.91 Å². The Kier molecular flexibility index (Phi) is 6.74. The average molecular weight is 318 g/mol. The van der Waals surface area contributed by atoms with Crippen molar-refractivity contribution in [1.29, 1.82) is 0 Å². The van der Waals surface area contributed by atoms with Gasteiger partial charge in [-0.25, -0.2) is 0 Å². The number of rotatable bonds is 7. The lowest BCUT2D eigenvalue weighted by Gasteiger charge is -2.35. The lowest BCUT2D eigenvalue weighted by Crippen LogP contribution is -2.41. The highest BCUT2D eigenvalue weighted by Crippen LogP contribution is 2.19. The van der Waals surface area contributed by atoms with Crippen LogP contribution in [-0.4, -0.2) is 47.4 Å². The molecule has 2 N–H and O–H groups in total. The molecule has 1 atom stereocenters.